The molecule has 0 spiro atoms. The van der Waals surface area contributed by atoms with E-state index in [1.165, 1.54) is 6.42 Å². The number of nitrogens with one attached hydrogen (secondary N) is 1. The first kappa shape index (κ1) is 19.4. The number of sulfonamides is 1. The van der Waals surface area contributed by atoms with E-state index in [1.807, 2.05) is 18.7 Å². The average molecular weight is 387 g/mol. The van der Waals surface area contributed by atoms with Crippen molar-refractivity contribution in [3.8, 4) is 0 Å². The third-order valence-electron chi connectivity index (χ3n) is 5.06. The van der Waals surface area contributed by atoms with Gasteiger partial charge in [-0.1, -0.05) is 18.2 Å². The summed E-state index contributed by atoms with van der Waals surface area (Å²) in [5.41, 5.74) is 3.36. The highest BCUT2D eigenvalue weighted by Crippen LogP contribution is 2.20. The van der Waals surface area contributed by atoms with E-state index in [2.05, 4.69) is 4.72 Å². The van der Waals surface area contributed by atoms with Crippen LogP contribution in [0.25, 0.3) is 0 Å². The smallest absolute Gasteiger partial charge is 0.261 e. The number of piperidine rings is 1. The number of carbonyl (C=O) groups excluding carboxylic acids is 1. The van der Waals surface area contributed by atoms with Crippen LogP contribution in [0.5, 0.6) is 0 Å². The predicted molar refractivity (Wildman–Crippen MR) is 107 cm³/mol. The molecular formula is C21H26N2O3S. The van der Waals surface area contributed by atoms with Gasteiger partial charge in [-0.2, -0.15) is 0 Å². The molecule has 1 N–H and O–H groups in total. The van der Waals surface area contributed by atoms with E-state index in [1.54, 1.807) is 42.5 Å². The van der Waals surface area contributed by atoms with E-state index in [4.69, 9.17) is 0 Å². The molecule has 5 nitrogen and oxygen atoms in total. The van der Waals surface area contributed by atoms with Crippen LogP contribution < -0.4 is 4.72 Å². The van der Waals surface area contributed by atoms with E-state index in [0.717, 1.165) is 42.6 Å². The number of hydrogen-bond acceptors (Lipinski definition) is 3. The van der Waals surface area contributed by atoms with Crippen LogP contribution in [0.15, 0.2) is 47.4 Å². The van der Waals surface area contributed by atoms with Gasteiger partial charge in [0.05, 0.1) is 11.3 Å². The van der Waals surface area contributed by atoms with Gasteiger partial charge in [0.25, 0.3) is 10.0 Å². The van der Waals surface area contributed by atoms with Crippen molar-refractivity contribution in [3.05, 3.63) is 59.2 Å². The molecule has 27 heavy (non-hydrogen) atoms. The molecular weight excluding hydrogens is 360 g/mol. The van der Waals surface area contributed by atoms with Gasteiger partial charge in [-0.25, -0.2) is 8.42 Å². The SMILES string of the molecule is Cc1ccc(S(=O)(=O)Nc2ccc(CC(=O)N3CCCCC3)cc2)cc1C. The monoisotopic (exact) mass is 386 g/mol. The Morgan fingerprint density at radius 3 is 2.26 bits per heavy atom. The fourth-order valence-corrected chi connectivity index (χ4v) is 4.36. The summed E-state index contributed by atoms with van der Waals surface area (Å²) in [7, 11) is -3.63. The van der Waals surface area contributed by atoms with Gasteiger partial charge in [-0.3, -0.25) is 9.52 Å². The van der Waals surface area contributed by atoms with E-state index in [-0.39, 0.29) is 10.8 Å². The minimum absolute atomic E-state index is 0.137. The summed E-state index contributed by atoms with van der Waals surface area (Å²) in [6.45, 7) is 5.52. The first-order chi connectivity index (χ1) is 12.8. The van der Waals surface area contributed by atoms with Crippen molar-refractivity contribution < 1.29 is 13.2 Å². The number of anilines is 1. The minimum Gasteiger partial charge on any atom is -0.342 e. The maximum absolute atomic E-state index is 12.6. The number of benzene rings is 2. The molecule has 1 aliphatic rings. The van der Waals surface area contributed by atoms with Crippen LogP contribution in [-0.2, 0) is 21.2 Å². The maximum atomic E-state index is 12.6. The molecule has 0 unspecified atom stereocenters. The van der Waals surface area contributed by atoms with E-state index in [9.17, 15) is 13.2 Å². The number of hydrogen-bond donors (Lipinski definition) is 1. The lowest BCUT2D eigenvalue weighted by Gasteiger charge is -2.26. The molecule has 6 heteroatoms. The Morgan fingerprint density at radius 2 is 1.63 bits per heavy atom. The standard InChI is InChI=1S/C21H26N2O3S/c1-16-6-11-20(14-17(16)2)27(25,26)22-19-9-7-18(8-10-19)15-21(24)23-12-4-3-5-13-23/h6-11,14,22H,3-5,12-13,15H2,1-2H3. The fourth-order valence-electron chi connectivity index (χ4n) is 3.22. The Hall–Kier alpha value is -2.34. The molecule has 0 radical (unpaired) electrons. The highest BCUT2D eigenvalue weighted by molar-refractivity contribution is 7.92. The van der Waals surface area contributed by atoms with Crippen molar-refractivity contribution in [1.29, 1.82) is 0 Å². The first-order valence-corrected chi connectivity index (χ1v) is 10.8. The zero-order chi connectivity index (χ0) is 19.4. The maximum Gasteiger partial charge on any atom is 0.261 e. The van der Waals surface area contributed by atoms with E-state index in [0.29, 0.717) is 12.1 Å². The molecule has 0 saturated carbocycles. The number of amides is 1. The number of aryl methyl sites for hydroxylation is 2. The molecule has 0 aromatic heterocycles. The van der Waals surface area contributed by atoms with Gasteiger partial charge in [0.1, 0.15) is 0 Å². The largest absolute Gasteiger partial charge is 0.342 e. The first-order valence-electron chi connectivity index (χ1n) is 9.32. The summed E-state index contributed by atoms with van der Waals surface area (Å²) in [5, 5.41) is 0. The molecule has 1 amide bonds. The molecule has 0 aliphatic carbocycles. The molecule has 1 fully saturated rings. The van der Waals surface area contributed by atoms with Crippen LogP contribution in [0, 0.1) is 13.8 Å². The lowest BCUT2D eigenvalue weighted by Crippen LogP contribution is -2.36. The van der Waals surface area contributed by atoms with Crippen LogP contribution in [0.1, 0.15) is 36.0 Å². The highest BCUT2D eigenvalue weighted by Gasteiger charge is 2.17. The van der Waals surface area contributed by atoms with Gasteiger partial charge in [0.15, 0.2) is 0 Å². The Balaban J connectivity index is 1.66. The van der Waals surface area contributed by atoms with Crippen LogP contribution in [0.2, 0.25) is 0 Å². The summed E-state index contributed by atoms with van der Waals surface area (Å²) < 4.78 is 27.7. The average Bonchev–Trinajstić information content (AvgIpc) is 2.66. The Kier molecular flexibility index (Phi) is 5.85. The molecule has 1 heterocycles. The fraction of sp³-hybridized carbons (Fsp3) is 0.381. The molecule has 1 saturated heterocycles. The minimum atomic E-state index is -3.63. The zero-order valence-corrected chi connectivity index (χ0v) is 16.7. The second kappa shape index (κ2) is 8.13. The Morgan fingerprint density at radius 1 is 0.963 bits per heavy atom. The number of carbonyl (C=O) groups is 1. The zero-order valence-electron chi connectivity index (χ0n) is 15.9. The number of likely N-dealkylation sites (tertiary alicyclic amines) is 1. The molecule has 144 valence electrons. The van der Waals surface area contributed by atoms with Gasteiger partial charge >= 0.3 is 0 Å². The van der Waals surface area contributed by atoms with Gasteiger partial charge in [0.2, 0.25) is 5.91 Å². The van der Waals surface area contributed by atoms with Crippen LogP contribution in [0.3, 0.4) is 0 Å². The van der Waals surface area contributed by atoms with Crippen molar-refractivity contribution in [3.63, 3.8) is 0 Å². The van der Waals surface area contributed by atoms with Gasteiger partial charge in [-0.05, 0) is 74.1 Å². The summed E-state index contributed by atoms with van der Waals surface area (Å²) >= 11 is 0. The third-order valence-corrected chi connectivity index (χ3v) is 6.44. The number of rotatable bonds is 5. The van der Waals surface area contributed by atoms with Crippen LogP contribution in [0.4, 0.5) is 5.69 Å². The molecule has 3 rings (SSSR count). The normalized spacial score (nSPS) is 14.8. The lowest BCUT2D eigenvalue weighted by atomic mass is 10.1. The summed E-state index contributed by atoms with van der Waals surface area (Å²) in [6, 6.07) is 12.1. The van der Waals surface area contributed by atoms with Gasteiger partial charge < -0.3 is 4.90 Å². The summed E-state index contributed by atoms with van der Waals surface area (Å²) in [6.07, 6.45) is 3.69. The highest BCUT2D eigenvalue weighted by atomic mass is 32.2. The quantitative estimate of drug-likeness (QED) is 0.853. The van der Waals surface area contributed by atoms with Crippen molar-refractivity contribution in [2.24, 2.45) is 0 Å². The Labute approximate surface area is 161 Å². The summed E-state index contributed by atoms with van der Waals surface area (Å²) in [4.78, 5) is 14.5. The van der Waals surface area contributed by atoms with Crippen molar-refractivity contribution in [2.45, 2.75) is 44.4 Å². The molecule has 2 aromatic carbocycles. The predicted octanol–water partition coefficient (Wildman–Crippen LogP) is 3.66. The van der Waals surface area contributed by atoms with Crippen molar-refractivity contribution >= 4 is 21.6 Å². The van der Waals surface area contributed by atoms with E-state index < -0.39 is 10.0 Å². The van der Waals surface area contributed by atoms with E-state index >= 15 is 0 Å². The van der Waals surface area contributed by atoms with Crippen LogP contribution in [-0.4, -0.2) is 32.3 Å². The molecule has 2 aromatic rings. The van der Waals surface area contributed by atoms with Gasteiger partial charge in [0, 0.05) is 18.8 Å². The second-order valence-electron chi connectivity index (χ2n) is 7.17. The second-order valence-corrected chi connectivity index (χ2v) is 8.85. The summed E-state index contributed by atoms with van der Waals surface area (Å²) in [5.74, 6) is 0.137. The Bertz CT molecular complexity index is 915. The number of nitrogens with zero attached hydrogens (tertiary/aromatic N) is 1. The molecule has 0 atom stereocenters. The van der Waals surface area contributed by atoms with Crippen LogP contribution >= 0.6 is 0 Å². The molecule has 1 aliphatic heterocycles. The van der Waals surface area contributed by atoms with Gasteiger partial charge in [-0.15, -0.1) is 0 Å². The topological polar surface area (TPSA) is 66.5 Å². The van der Waals surface area contributed by atoms with Crippen molar-refractivity contribution in [1.82, 2.24) is 4.90 Å². The van der Waals surface area contributed by atoms with Crippen molar-refractivity contribution in [2.75, 3.05) is 17.8 Å². The lowest BCUT2D eigenvalue weighted by molar-refractivity contribution is -0.131. The molecule has 0 bridgehead atoms. The third kappa shape index (κ3) is 4.89.